The predicted molar refractivity (Wildman–Crippen MR) is 153 cm³/mol. The van der Waals surface area contributed by atoms with Crippen molar-refractivity contribution in [2.24, 2.45) is 4.99 Å². The van der Waals surface area contributed by atoms with Gasteiger partial charge in [0.25, 0.3) is 5.91 Å². The summed E-state index contributed by atoms with van der Waals surface area (Å²) >= 11 is 3.48. The van der Waals surface area contributed by atoms with Crippen molar-refractivity contribution in [3.8, 4) is 17.2 Å². The van der Waals surface area contributed by atoms with E-state index >= 15 is 0 Å². The number of benzene rings is 3. The third-order valence-corrected chi connectivity index (χ3v) is 7.17. The molecule has 0 unspecified atom stereocenters. The van der Waals surface area contributed by atoms with Gasteiger partial charge in [-0.2, -0.15) is 0 Å². The van der Waals surface area contributed by atoms with Gasteiger partial charge in [0.2, 0.25) is 5.90 Å². The molecule has 206 valence electrons. The summed E-state index contributed by atoms with van der Waals surface area (Å²) in [5.74, 6) is 2.00. The van der Waals surface area contributed by atoms with Gasteiger partial charge < -0.3 is 29.4 Å². The molecule has 1 amide bonds. The van der Waals surface area contributed by atoms with Crippen LogP contribution in [0.15, 0.2) is 76.2 Å². The van der Waals surface area contributed by atoms with Crippen LogP contribution in [0.4, 0.5) is 0 Å². The topological polar surface area (TPSA) is 98.6 Å². The molecular weight excluding hydrogens is 564 g/mol. The first-order valence-corrected chi connectivity index (χ1v) is 13.5. The van der Waals surface area contributed by atoms with Crippen LogP contribution in [0.1, 0.15) is 30.0 Å². The molecule has 0 radical (unpaired) electrons. The van der Waals surface area contributed by atoms with Gasteiger partial charge in [0.1, 0.15) is 11.9 Å². The van der Waals surface area contributed by atoms with E-state index in [1.54, 1.807) is 14.2 Å². The van der Waals surface area contributed by atoms with Crippen molar-refractivity contribution in [1.29, 1.82) is 0 Å². The number of aliphatic imine (C=N–C) groups is 1. The van der Waals surface area contributed by atoms with Gasteiger partial charge in [-0.25, -0.2) is 4.99 Å². The number of rotatable bonds is 12. The fraction of sp³-hybridized carbons (Fsp3) is 0.333. The fourth-order valence-corrected chi connectivity index (χ4v) is 4.74. The zero-order valence-corrected chi connectivity index (χ0v) is 23.9. The number of methoxy groups -OCH3 is 2. The first-order chi connectivity index (χ1) is 18.9. The van der Waals surface area contributed by atoms with Gasteiger partial charge >= 0.3 is 0 Å². The maximum absolute atomic E-state index is 13.9. The van der Waals surface area contributed by atoms with E-state index in [-0.39, 0.29) is 19.1 Å². The van der Waals surface area contributed by atoms with Crippen LogP contribution in [0.2, 0.25) is 0 Å². The van der Waals surface area contributed by atoms with Gasteiger partial charge in [-0.05, 0) is 55.0 Å². The number of halogens is 1. The lowest BCUT2D eigenvalue weighted by atomic mass is 9.86. The monoisotopic (exact) mass is 596 g/mol. The van der Waals surface area contributed by atoms with Gasteiger partial charge in [-0.15, -0.1) is 0 Å². The molecule has 1 aliphatic rings. The molecule has 0 saturated carbocycles. The van der Waals surface area contributed by atoms with Crippen LogP contribution >= 0.6 is 15.9 Å². The van der Waals surface area contributed by atoms with Crippen molar-refractivity contribution in [1.82, 2.24) is 5.32 Å². The van der Waals surface area contributed by atoms with E-state index < -0.39 is 11.6 Å². The molecule has 8 nitrogen and oxygen atoms in total. The average Bonchev–Trinajstić information content (AvgIpc) is 3.29. The fourth-order valence-electron chi connectivity index (χ4n) is 4.48. The number of hydrogen-bond acceptors (Lipinski definition) is 7. The summed E-state index contributed by atoms with van der Waals surface area (Å²) in [5.41, 5.74) is 1.30. The zero-order valence-electron chi connectivity index (χ0n) is 22.3. The predicted octanol–water partition coefficient (Wildman–Crippen LogP) is 4.69. The first-order valence-electron chi connectivity index (χ1n) is 12.7. The summed E-state index contributed by atoms with van der Waals surface area (Å²) in [6.07, 6.45) is 0.391. The van der Waals surface area contributed by atoms with Crippen LogP contribution in [0.5, 0.6) is 17.2 Å². The van der Waals surface area contributed by atoms with Gasteiger partial charge in [-0.1, -0.05) is 40.2 Å². The Balaban J connectivity index is 1.62. The minimum atomic E-state index is -1.19. The lowest BCUT2D eigenvalue weighted by molar-refractivity contribution is -0.128. The molecular formula is C30H33BrN2O6. The normalized spacial score (nSPS) is 18.2. The van der Waals surface area contributed by atoms with Crippen LogP contribution in [0.3, 0.4) is 0 Å². The number of nitrogens with zero attached hydrogens (tertiary/aromatic N) is 1. The summed E-state index contributed by atoms with van der Waals surface area (Å²) in [6.45, 7) is 2.61. The van der Waals surface area contributed by atoms with E-state index in [0.717, 1.165) is 21.2 Å². The van der Waals surface area contributed by atoms with E-state index in [2.05, 4.69) is 21.2 Å². The van der Waals surface area contributed by atoms with Gasteiger partial charge in [0.15, 0.2) is 17.0 Å². The highest BCUT2D eigenvalue weighted by Crippen LogP contribution is 2.34. The van der Waals surface area contributed by atoms with Crippen molar-refractivity contribution < 1.29 is 28.8 Å². The summed E-state index contributed by atoms with van der Waals surface area (Å²) in [7, 11) is 3.15. The van der Waals surface area contributed by atoms with Crippen LogP contribution in [-0.2, 0) is 22.5 Å². The summed E-state index contributed by atoms with van der Waals surface area (Å²) in [4.78, 5) is 18.9. The molecule has 2 N–H and O–H groups in total. The van der Waals surface area contributed by atoms with Crippen LogP contribution in [-0.4, -0.2) is 56.0 Å². The molecule has 3 aromatic carbocycles. The van der Waals surface area contributed by atoms with Crippen LogP contribution < -0.4 is 19.5 Å². The van der Waals surface area contributed by atoms with E-state index in [1.165, 1.54) is 0 Å². The Kier molecular flexibility index (Phi) is 9.48. The molecule has 39 heavy (non-hydrogen) atoms. The van der Waals surface area contributed by atoms with Crippen molar-refractivity contribution in [2.45, 2.75) is 38.0 Å². The smallest absolute Gasteiger partial charge is 0.252 e. The Labute approximate surface area is 237 Å². The molecule has 0 spiro atoms. The van der Waals surface area contributed by atoms with Crippen LogP contribution in [0.25, 0.3) is 0 Å². The Morgan fingerprint density at radius 2 is 1.82 bits per heavy atom. The largest absolute Gasteiger partial charge is 0.494 e. The SMILES string of the molecule is COc1cccc(CNC(=O)[C@]2(Cc3ccc(Br)cc3)N=C(c3ccc(OCCCO)cc3)O[C@@H]2C)c1OC. The number of carbonyl (C=O) groups is 1. The lowest BCUT2D eigenvalue weighted by Crippen LogP contribution is -2.52. The Morgan fingerprint density at radius 3 is 2.49 bits per heavy atom. The number of nitrogens with one attached hydrogen (secondary N) is 1. The number of aliphatic hydroxyl groups excluding tert-OH is 1. The highest BCUT2D eigenvalue weighted by atomic mass is 79.9. The number of amides is 1. The van der Waals surface area contributed by atoms with Crippen molar-refractivity contribution in [3.63, 3.8) is 0 Å². The van der Waals surface area contributed by atoms with E-state index in [9.17, 15) is 4.79 Å². The molecule has 0 aliphatic carbocycles. The second-order valence-electron chi connectivity index (χ2n) is 9.19. The molecule has 0 bridgehead atoms. The quantitative estimate of drug-likeness (QED) is 0.294. The molecule has 2 atom stereocenters. The van der Waals surface area contributed by atoms with E-state index in [4.69, 9.17) is 29.0 Å². The standard InChI is InChI=1S/C30H33BrN2O6/c1-20-30(18-21-8-12-24(31)13-9-21,29(35)32-19-23-6-4-7-26(36-2)27(23)37-3)33-28(39-20)22-10-14-25(15-11-22)38-17-5-16-34/h4,6-15,20,34H,5,16-19H2,1-3H3,(H,32,35)/t20-,30-/m1/s1. The summed E-state index contributed by atoms with van der Waals surface area (Å²) < 4.78 is 23.7. The zero-order chi connectivity index (χ0) is 27.8. The van der Waals surface area contributed by atoms with Crippen molar-refractivity contribution in [3.05, 3.63) is 87.9 Å². The molecule has 0 saturated heterocycles. The number of carbonyl (C=O) groups excluding carboxylic acids is 1. The minimum absolute atomic E-state index is 0.0771. The molecule has 4 rings (SSSR count). The second-order valence-corrected chi connectivity index (χ2v) is 10.1. The van der Waals surface area contributed by atoms with Gasteiger partial charge in [0.05, 0.1) is 20.8 Å². The van der Waals surface area contributed by atoms with Gasteiger partial charge in [-0.3, -0.25) is 4.79 Å². The number of aliphatic hydroxyl groups is 1. The van der Waals surface area contributed by atoms with Crippen molar-refractivity contribution in [2.75, 3.05) is 27.4 Å². The third kappa shape index (κ3) is 6.54. The maximum Gasteiger partial charge on any atom is 0.252 e. The Morgan fingerprint density at radius 1 is 1.08 bits per heavy atom. The Hall–Kier alpha value is -3.56. The van der Waals surface area contributed by atoms with Crippen LogP contribution in [0, 0.1) is 0 Å². The van der Waals surface area contributed by atoms with Gasteiger partial charge in [0, 0.05) is 41.6 Å². The minimum Gasteiger partial charge on any atom is -0.494 e. The maximum atomic E-state index is 13.9. The highest BCUT2D eigenvalue weighted by Gasteiger charge is 2.50. The molecule has 0 fully saturated rings. The number of ether oxygens (including phenoxy) is 4. The van der Waals surface area contributed by atoms with E-state index in [0.29, 0.717) is 42.6 Å². The molecule has 9 heteroatoms. The number of para-hydroxylation sites is 1. The Bertz CT molecular complexity index is 1300. The average molecular weight is 598 g/mol. The molecule has 1 heterocycles. The first kappa shape index (κ1) is 28.4. The summed E-state index contributed by atoms with van der Waals surface area (Å²) in [6, 6.07) is 20.8. The van der Waals surface area contributed by atoms with Crippen molar-refractivity contribution >= 4 is 27.7 Å². The third-order valence-electron chi connectivity index (χ3n) is 6.64. The number of hydrogen-bond donors (Lipinski definition) is 2. The highest BCUT2D eigenvalue weighted by molar-refractivity contribution is 9.10. The molecule has 0 aromatic heterocycles. The second kappa shape index (κ2) is 13.0. The lowest BCUT2D eigenvalue weighted by Gasteiger charge is -2.28. The molecule has 3 aromatic rings. The summed E-state index contributed by atoms with van der Waals surface area (Å²) in [5, 5.41) is 12.0. The molecule has 1 aliphatic heterocycles. The van der Waals surface area contributed by atoms with E-state index in [1.807, 2.05) is 73.7 Å².